The molecule has 0 spiro atoms. The van der Waals surface area contributed by atoms with E-state index in [4.69, 9.17) is 4.42 Å². The molecule has 1 aromatic heterocycles. The van der Waals surface area contributed by atoms with E-state index in [1.54, 1.807) is 6.07 Å². The summed E-state index contributed by atoms with van der Waals surface area (Å²) in [6, 6.07) is 11.2. The lowest BCUT2D eigenvalue weighted by Crippen LogP contribution is -1.73. The minimum atomic E-state index is 0.268. The van der Waals surface area contributed by atoms with Crippen LogP contribution in [0.2, 0.25) is 0 Å². The summed E-state index contributed by atoms with van der Waals surface area (Å²) < 4.78 is 5.89. The van der Waals surface area contributed by atoms with Crippen molar-refractivity contribution in [3.63, 3.8) is 0 Å². The van der Waals surface area contributed by atoms with Crippen LogP contribution >= 0.6 is 15.9 Å². The van der Waals surface area contributed by atoms with Crippen molar-refractivity contribution in [2.24, 2.45) is 0 Å². The van der Waals surface area contributed by atoms with E-state index in [-0.39, 0.29) is 5.76 Å². The summed E-state index contributed by atoms with van der Waals surface area (Å²) in [4.78, 5) is 10.5. The highest BCUT2D eigenvalue weighted by Crippen LogP contribution is 2.19. The summed E-state index contributed by atoms with van der Waals surface area (Å²) in [5, 5.41) is 0. The first kappa shape index (κ1) is 10.7. The quantitative estimate of drug-likeness (QED) is 0.590. The molecule has 0 radical (unpaired) electrons. The number of benzene rings is 1. The zero-order chi connectivity index (χ0) is 11.4. The maximum Gasteiger partial charge on any atom is 0.192 e. The molecule has 0 unspecified atom stereocenters. The van der Waals surface area contributed by atoms with Crippen molar-refractivity contribution < 1.29 is 9.21 Å². The van der Waals surface area contributed by atoms with Crippen molar-refractivity contribution in [1.82, 2.24) is 0 Å². The lowest BCUT2D eigenvalue weighted by molar-refractivity contribution is 0.110. The van der Waals surface area contributed by atoms with Crippen LogP contribution in [0.1, 0.15) is 21.9 Å². The van der Waals surface area contributed by atoms with Crippen molar-refractivity contribution >= 4 is 22.2 Å². The number of hydrogen-bond donors (Lipinski definition) is 0. The first-order valence-corrected chi connectivity index (χ1v) is 5.40. The second-order valence-corrected chi connectivity index (χ2v) is 3.91. The first-order chi connectivity index (χ1) is 7.79. The van der Waals surface area contributed by atoms with Crippen molar-refractivity contribution in [3.8, 4) is 11.8 Å². The third-order valence-corrected chi connectivity index (χ3v) is 2.51. The van der Waals surface area contributed by atoms with Crippen LogP contribution in [0.5, 0.6) is 0 Å². The van der Waals surface area contributed by atoms with Crippen LogP contribution in [0.4, 0.5) is 0 Å². The molecule has 2 aromatic rings. The summed E-state index contributed by atoms with van der Waals surface area (Å²) in [5.74, 6) is 6.54. The van der Waals surface area contributed by atoms with Crippen molar-refractivity contribution in [2.75, 3.05) is 0 Å². The Hall–Kier alpha value is -1.79. The molecule has 1 heterocycles. The lowest BCUT2D eigenvalue weighted by atomic mass is 10.2. The van der Waals surface area contributed by atoms with Gasteiger partial charge in [-0.1, -0.05) is 24.1 Å². The van der Waals surface area contributed by atoms with Crippen LogP contribution in [0.15, 0.2) is 45.3 Å². The number of rotatable bonds is 1. The molecule has 0 saturated heterocycles. The summed E-state index contributed by atoms with van der Waals surface area (Å²) in [6.07, 6.45) is 0.651. The number of carbonyl (C=O) groups is 1. The summed E-state index contributed by atoms with van der Waals surface area (Å²) in [7, 11) is 0. The second kappa shape index (κ2) is 4.82. The molecule has 78 valence electrons. The molecule has 0 aliphatic heterocycles. The highest BCUT2D eigenvalue weighted by Gasteiger charge is 2.04. The van der Waals surface area contributed by atoms with Gasteiger partial charge in [0, 0.05) is 11.6 Å². The maximum absolute atomic E-state index is 10.5. The van der Waals surface area contributed by atoms with E-state index in [0.717, 1.165) is 5.56 Å². The number of carbonyl (C=O) groups excluding carboxylic acids is 1. The van der Waals surface area contributed by atoms with Gasteiger partial charge in [-0.2, -0.15) is 0 Å². The van der Waals surface area contributed by atoms with Gasteiger partial charge in [-0.3, -0.25) is 4.79 Å². The van der Waals surface area contributed by atoms with Gasteiger partial charge < -0.3 is 4.42 Å². The van der Waals surface area contributed by atoms with Gasteiger partial charge in [-0.25, -0.2) is 0 Å². The molecule has 0 bridgehead atoms. The third kappa shape index (κ3) is 2.41. The summed E-state index contributed by atoms with van der Waals surface area (Å²) in [6.45, 7) is 0. The highest BCUT2D eigenvalue weighted by molar-refractivity contribution is 9.10. The summed E-state index contributed by atoms with van der Waals surface area (Å²) in [5.41, 5.74) is 0.901. The molecule has 1 aromatic carbocycles. The zero-order valence-corrected chi connectivity index (χ0v) is 9.82. The van der Waals surface area contributed by atoms with Crippen LogP contribution in [0.25, 0.3) is 0 Å². The zero-order valence-electron chi connectivity index (χ0n) is 8.24. The molecule has 3 heteroatoms. The Morgan fingerprint density at radius 3 is 2.56 bits per heavy atom. The van der Waals surface area contributed by atoms with Crippen molar-refractivity contribution in [2.45, 2.75) is 0 Å². The third-order valence-electron chi connectivity index (χ3n) is 1.92. The predicted octanol–water partition coefficient (Wildman–Crippen LogP) is 3.25. The number of hydrogen-bond acceptors (Lipinski definition) is 2. The van der Waals surface area contributed by atoms with Gasteiger partial charge in [0.25, 0.3) is 0 Å². The van der Waals surface area contributed by atoms with Crippen LogP contribution in [0.3, 0.4) is 0 Å². The van der Waals surface area contributed by atoms with Gasteiger partial charge >= 0.3 is 0 Å². The fourth-order valence-electron chi connectivity index (χ4n) is 1.18. The van der Waals surface area contributed by atoms with Crippen LogP contribution in [0, 0.1) is 11.8 Å². The number of halogens is 1. The van der Waals surface area contributed by atoms with Crippen LogP contribution < -0.4 is 0 Å². The Bertz CT molecular complexity index is 559. The van der Waals surface area contributed by atoms with E-state index in [1.807, 2.05) is 30.3 Å². The Labute approximate surface area is 101 Å². The van der Waals surface area contributed by atoms with E-state index < -0.39 is 0 Å². The van der Waals surface area contributed by atoms with Gasteiger partial charge in [0.05, 0.1) is 4.47 Å². The molecule has 0 N–H and O–H groups in total. The SMILES string of the molecule is O=Cc1cc(Br)c(C#Cc2ccccc2)o1. The van der Waals surface area contributed by atoms with Crippen molar-refractivity contribution in [3.05, 3.63) is 58.0 Å². The van der Waals surface area contributed by atoms with Gasteiger partial charge in [0.1, 0.15) is 0 Å². The van der Waals surface area contributed by atoms with Gasteiger partial charge in [-0.15, -0.1) is 0 Å². The standard InChI is InChI=1S/C13H7BrO2/c14-12-8-11(9-15)16-13(12)7-6-10-4-2-1-3-5-10/h1-5,8-9H. The molecule has 0 fully saturated rings. The van der Waals surface area contributed by atoms with E-state index >= 15 is 0 Å². The smallest absolute Gasteiger partial charge is 0.192 e. The van der Waals surface area contributed by atoms with E-state index in [2.05, 4.69) is 27.8 Å². The van der Waals surface area contributed by atoms with Crippen LogP contribution in [-0.4, -0.2) is 6.29 Å². The average Bonchev–Trinajstić information content (AvgIpc) is 2.69. The van der Waals surface area contributed by atoms with E-state index in [9.17, 15) is 4.79 Å². The topological polar surface area (TPSA) is 30.2 Å². The van der Waals surface area contributed by atoms with E-state index in [0.29, 0.717) is 16.5 Å². The molecule has 0 aliphatic carbocycles. The normalized spacial score (nSPS) is 9.31. The fourth-order valence-corrected chi connectivity index (χ4v) is 1.59. The van der Waals surface area contributed by atoms with Crippen molar-refractivity contribution in [1.29, 1.82) is 0 Å². The molecule has 0 atom stereocenters. The Balaban J connectivity index is 2.30. The number of furan rings is 1. The predicted molar refractivity (Wildman–Crippen MR) is 64.2 cm³/mol. The molecular formula is C13H7BrO2. The highest BCUT2D eigenvalue weighted by atomic mass is 79.9. The maximum atomic E-state index is 10.5. The average molecular weight is 275 g/mol. The van der Waals surface area contributed by atoms with Crippen LogP contribution in [-0.2, 0) is 0 Å². The second-order valence-electron chi connectivity index (χ2n) is 3.06. The molecular weight excluding hydrogens is 268 g/mol. The Morgan fingerprint density at radius 2 is 1.94 bits per heavy atom. The monoisotopic (exact) mass is 274 g/mol. The number of aldehydes is 1. The molecule has 2 rings (SSSR count). The minimum absolute atomic E-state index is 0.268. The lowest BCUT2D eigenvalue weighted by Gasteiger charge is -1.86. The van der Waals surface area contributed by atoms with E-state index in [1.165, 1.54) is 0 Å². The molecule has 0 saturated carbocycles. The molecule has 16 heavy (non-hydrogen) atoms. The van der Waals surface area contributed by atoms with Gasteiger partial charge in [0.15, 0.2) is 17.8 Å². The molecule has 0 aliphatic rings. The largest absolute Gasteiger partial charge is 0.444 e. The molecule has 2 nitrogen and oxygen atoms in total. The fraction of sp³-hybridized carbons (Fsp3) is 0. The Kier molecular flexibility index (Phi) is 3.23. The summed E-state index contributed by atoms with van der Waals surface area (Å²) >= 11 is 3.28. The first-order valence-electron chi connectivity index (χ1n) is 4.61. The van der Waals surface area contributed by atoms with Gasteiger partial charge in [0.2, 0.25) is 0 Å². The van der Waals surface area contributed by atoms with Gasteiger partial charge in [-0.05, 0) is 34.0 Å². The minimum Gasteiger partial charge on any atom is -0.444 e. The molecule has 0 amide bonds. The Morgan fingerprint density at radius 1 is 1.19 bits per heavy atom.